The van der Waals surface area contributed by atoms with Gasteiger partial charge in [-0.3, -0.25) is 4.79 Å². The van der Waals surface area contributed by atoms with E-state index < -0.39 is 6.67 Å². The predicted octanol–water partition coefficient (Wildman–Crippen LogP) is 1.09. The molecule has 0 aliphatic carbocycles. The van der Waals surface area contributed by atoms with Crippen LogP contribution >= 0.6 is 0 Å². The molecular weight excluding hydrogens is 147 g/mol. The Morgan fingerprint density at radius 1 is 1.73 bits per heavy atom. The molecule has 56 valence electrons. The lowest BCUT2D eigenvalue weighted by atomic mass is 10.2. The van der Waals surface area contributed by atoms with Gasteiger partial charge in [0, 0.05) is 6.07 Å². The number of alkyl halides is 1. The highest BCUT2D eigenvalue weighted by Crippen LogP contribution is 2.03. The second-order valence-electron chi connectivity index (χ2n) is 1.86. The first kappa shape index (κ1) is 7.55. The lowest BCUT2D eigenvalue weighted by molar-refractivity contribution is 0.382. The Morgan fingerprint density at radius 3 is 2.91 bits per heavy atom. The first-order chi connectivity index (χ1) is 5.29. The molecule has 0 radical (unpaired) electrons. The molecule has 0 aliphatic heterocycles. The standard InChI is InChI=1S/C8H5FO2/c1-2-6-7(10)3-4-11-8(6)5-9/h1,3-4H,5H2. The maximum Gasteiger partial charge on any atom is 0.200 e. The molecule has 0 saturated carbocycles. The Hall–Kier alpha value is -1.56. The summed E-state index contributed by atoms with van der Waals surface area (Å²) < 4.78 is 16.7. The number of hydrogen-bond acceptors (Lipinski definition) is 2. The van der Waals surface area contributed by atoms with Crippen LogP contribution in [0.4, 0.5) is 4.39 Å². The predicted molar refractivity (Wildman–Crippen MR) is 37.7 cm³/mol. The van der Waals surface area contributed by atoms with E-state index in [9.17, 15) is 9.18 Å². The Labute approximate surface area is 62.7 Å². The van der Waals surface area contributed by atoms with Gasteiger partial charge in [0.2, 0.25) is 5.43 Å². The van der Waals surface area contributed by atoms with E-state index in [1.807, 2.05) is 0 Å². The highest BCUT2D eigenvalue weighted by molar-refractivity contribution is 5.33. The van der Waals surface area contributed by atoms with Crippen molar-refractivity contribution in [1.29, 1.82) is 0 Å². The molecule has 2 nitrogen and oxygen atoms in total. The highest BCUT2D eigenvalue weighted by atomic mass is 19.1. The van der Waals surface area contributed by atoms with Crippen LogP contribution in [0.5, 0.6) is 0 Å². The molecule has 3 heteroatoms. The molecule has 0 saturated heterocycles. The minimum absolute atomic E-state index is 0.0324. The molecule has 1 aromatic heterocycles. The summed E-state index contributed by atoms with van der Waals surface area (Å²) in [6.45, 7) is -0.852. The summed E-state index contributed by atoms with van der Waals surface area (Å²) in [6, 6.07) is 1.16. The van der Waals surface area contributed by atoms with Crippen LogP contribution in [-0.4, -0.2) is 0 Å². The van der Waals surface area contributed by atoms with Crippen molar-refractivity contribution in [3.63, 3.8) is 0 Å². The smallest absolute Gasteiger partial charge is 0.200 e. The van der Waals surface area contributed by atoms with Crippen molar-refractivity contribution in [2.75, 3.05) is 0 Å². The van der Waals surface area contributed by atoms with E-state index in [1.54, 1.807) is 0 Å². The Morgan fingerprint density at radius 2 is 2.45 bits per heavy atom. The molecule has 1 aromatic rings. The number of terminal acetylenes is 1. The van der Waals surface area contributed by atoms with Crippen molar-refractivity contribution in [2.45, 2.75) is 6.67 Å². The summed E-state index contributed by atoms with van der Waals surface area (Å²) in [5, 5.41) is 0. The third-order valence-electron chi connectivity index (χ3n) is 1.22. The molecule has 0 amide bonds. The van der Waals surface area contributed by atoms with E-state index in [0.717, 1.165) is 12.3 Å². The summed E-state index contributed by atoms with van der Waals surface area (Å²) >= 11 is 0. The van der Waals surface area contributed by atoms with Crippen LogP contribution in [-0.2, 0) is 6.67 Å². The van der Waals surface area contributed by atoms with Gasteiger partial charge < -0.3 is 4.42 Å². The molecule has 0 fully saturated rings. The average Bonchev–Trinajstić information content (AvgIpc) is 2.04. The van der Waals surface area contributed by atoms with Crippen molar-refractivity contribution in [3.8, 4) is 12.3 Å². The van der Waals surface area contributed by atoms with E-state index in [1.165, 1.54) is 0 Å². The van der Waals surface area contributed by atoms with Crippen molar-refractivity contribution >= 4 is 0 Å². The number of halogens is 1. The van der Waals surface area contributed by atoms with Crippen molar-refractivity contribution in [3.05, 3.63) is 33.9 Å². The summed E-state index contributed by atoms with van der Waals surface area (Å²) in [6.07, 6.45) is 6.07. The van der Waals surface area contributed by atoms with Gasteiger partial charge in [-0.15, -0.1) is 6.42 Å². The normalized spacial score (nSPS) is 9.09. The van der Waals surface area contributed by atoms with Crippen LogP contribution in [0.1, 0.15) is 11.3 Å². The van der Waals surface area contributed by atoms with Gasteiger partial charge in [-0.25, -0.2) is 4.39 Å². The van der Waals surface area contributed by atoms with Gasteiger partial charge >= 0.3 is 0 Å². The fourth-order valence-corrected chi connectivity index (χ4v) is 0.708. The van der Waals surface area contributed by atoms with E-state index in [0.29, 0.717) is 0 Å². The molecule has 0 bridgehead atoms. The molecule has 0 unspecified atom stereocenters. The van der Waals surface area contributed by atoms with Gasteiger partial charge in [0.05, 0.1) is 6.26 Å². The summed E-state index contributed by atoms with van der Waals surface area (Å²) in [5.74, 6) is 1.99. The van der Waals surface area contributed by atoms with Gasteiger partial charge in [-0.1, -0.05) is 5.92 Å². The number of hydrogen-bond donors (Lipinski definition) is 0. The minimum Gasteiger partial charge on any atom is -0.465 e. The minimum atomic E-state index is -0.852. The van der Waals surface area contributed by atoms with Gasteiger partial charge in [0.25, 0.3) is 0 Å². The van der Waals surface area contributed by atoms with Gasteiger partial charge in [-0.05, 0) is 0 Å². The second-order valence-corrected chi connectivity index (χ2v) is 1.86. The summed E-state index contributed by atoms with van der Waals surface area (Å²) in [5.41, 5.74) is -0.415. The zero-order valence-electron chi connectivity index (χ0n) is 5.63. The van der Waals surface area contributed by atoms with E-state index in [2.05, 4.69) is 10.3 Å². The number of rotatable bonds is 1. The SMILES string of the molecule is C#Cc1c(CF)occc1=O. The summed E-state index contributed by atoms with van der Waals surface area (Å²) in [4.78, 5) is 10.9. The van der Waals surface area contributed by atoms with Crippen LogP contribution in [0.15, 0.2) is 21.5 Å². The van der Waals surface area contributed by atoms with Crippen molar-refractivity contribution in [1.82, 2.24) is 0 Å². The fraction of sp³-hybridized carbons (Fsp3) is 0.125. The largest absolute Gasteiger partial charge is 0.465 e. The van der Waals surface area contributed by atoms with Crippen LogP contribution in [0.25, 0.3) is 0 Å². The molecule has 0 N–H and O–H groups in total. The van der Waals surface area contributed by atoms with Crippen LogP contribution in [0.3, 0.4) is 0 Å². The maximum atomic E-state index is 12.0. The molecule has 11 heavy (non-hydrogen) atoms. The van der Waals surface area contributed by atoms with Crippen molar-refractivity contribution < 1.29 is 8.81 Å². The van der Waals surface area contributed by atoms with Crippen LogP contribution in [0.2, 0.25) is 0 Å². The molecule has 0 spiro atoms. The Bertz CT molecular complexity index is 346. The molecule has 1 rings (SSSR count). The third-order valence-corrected chi connectivity index (χ3v) is 1.22. The quantitative estimate of drug-likeness (QED) is 0.564. The van der Waals surface area contributed by atoms with Gasteiger partial charge in [0.15, 0.2) is 5.76 Å². The summed E-state index contributed by atoms with van der Waals surface area (Å²) in [7, 11) is 0. The molecule has 0 aromatic carbocycles. The van der Waals surface area contributed by atoms with E-state index >= 15 is 0 Å². The Kier molecular flexibility index (Phi) is 2.07. The first-order valence-corrected chi connectivity index (χ1v) is 2.93. The highest BCUT2D eigenvalue weighted by Gasteiger charge is 2.04. The second kappa shape index (κ2) is 3.02. The lowest BCUT2D eigenvalue weighted by Gasteiger charge is -1.94. The lowest BCUT2D eigenvalue weighted by Crippen LogP contribution is -2.06. The Balaban J connectivity index is 3.40. The molecule has 0 aliphatic rings. The average molecular weight is 152 g/mol. The monoisotopic (exact) mass is 152 g/mol. The maximum absolute atomic E-state index is 12.0. The van der Waals surface area contributed by atoms with Crippen LogP contribution in [0, 0.1) is 12.3 Å². The first-order valence-electron chi connectivity index (χ1n) is 2.93. The molecule has 1 heterocycles. The molecule has 0 atom stereocenters. The van der Waals surface area contributed by atoms with E-state index in [4.69, 9.17) is 6.42 Å². The zero-order valence-corrected chi connectivity index (χ0v) is 5.63. The van der Waals surface area contributed by atoms with E-state index in [-0.39, 0.29) is 16.8 Å². The van der Waals surface area contributed by atoms with Crippen LogP contribution < -0.4 is 5.43 Å². The van der Waals surface area contributed by atoms with Crippen molar-refractivity contribution in [2.24, 2.45) is 0 Å². The fourth-order valence-electron chi connectivity index (χ4n) is 0.708. The van der Waals surface area contributed by atoms with Gasteiger partial charge in [-0.2, -0.15) is 0 Å². The zero-order chi connectivity index (χ0) is 8.27. The topological polar surface area (TPSA) is 30.2 Å². The third kappa shape index (κ3) is 1.30. The van der Waals surface area contributed by atoms with Gasteiger partial charge in [0.1, 0.15) is 12.2 Å². The molecular formula is C8H5FO2.